The Morgan fingerprint density at radius 3 is 2.83 bits per heavy atom. The van der Waals surface area contributed by atoms with Crippen LogP contribution in [0.2, 0.25) is 0 Å². The van der Waals surface area contributed by atoms with Crippen LogP contribution in [0.15, 0.2) is 29.0 Å². The van der Waals surface area contributed by atoms with Gasteiger partial charge in [-0.25, -0.2) is 4.98 Å². The van der Waals surface area contributed by atoms with Gasteiger partial charge in [0.05, 0.1) is 9.99 Å². The van der Waals surface area contributed by atoms with E-state index in [2.05, 4.69) is 31.2 Å². The molecule has 0 unspecified atom stereocenters. The van der Waals surface area contributed by atoms with E-state index in [-0.39, 0.29) is 11.9 Å². The van der Waals surface area contributed by atoms with E-state index >= 15 is 0 Å². The molecule has 0 aliphatic heterocycles. The first-order chi connectivity index (χ1) is 11.1. The Kier molecular flexibility index (Phi) is 3.61. The minimum absolute atomic E-state index is 0.0924. The van der Waals surface area contributed by atoms with Gasteiger partial charge in [-0.3, -0.25) is 9.78 Å². The molecule has 23 heavy (non-hydrogen) atoms. The maximum Gasteiger partial charge on any atom is 0.270 e. The van der Waals surface area contributed by atoms with Crippen molar-refractivity contribution < 1.29 is 4.79 Å². The first-order valence-electron chi connectivity index (χ1n) is 8.00. The number of rotatable bonds is 3. The van der Waals surface area contributed by atoms with Crippen molar-refractivity contribution >= 4 is 32.7 Å². The molecule has 2 aliphatic carbocycles. The van der Waals surface area contributed by atoms with Crippen LogP contribution in [0, 0.1) is 11.3 Å². The van der Waals surface area contributed by atoms with Crippen LogP contribution in [0.4, 0.5) is 0 Å². The van der Waals surface area contributed by atoms with E-state index in [4.69, 9.17) is 5.73 Å². The number of carbonyl (C=O) groups excluding carboxylic acids is 1. The molecule has 0 radical (unpaired) electrons. The number of aromatic nitrogens is 2. The van der Waals surface area contributed by atoms with Gasteiger partial charge in [0, 0.05) is 23.8 Å². The third kappa shape index (κ3) is 2.64. The van der Waals surface area contributed by atoms with E-state index in [1.165, 1.54) is 12.8 Å². The number of halogens is 1. The Morgan fingerprint density at radius 1 is 1.30 bits per heavy atom. The Labute approximate surface area is 143 Å². The normalized spacial score (nSPS) is 29.1. The molecule has 120 valence electrons. The zero-order chi connectivity index (χ0) is 16.0. The molecule has 0 atom stereocenters. The Morgan fingerprint density at radius 2 is 2.09 bits per heavy atom. The fraction of sp³-hybridized carbons (Fsp3) is 0.471. The quantitative estimate of drug-likeness (QED) is 0.864. The number of carbonyl (C=O) groups is 1. The van der Waals surface area contributed by atoms with E-state index < -0.39 is 0 Å². The molecule has 2 aromatic rings. The Balaban J connectivity index is 1.41. The van der Waals surface area contributed by atoms with Crippen LogP contribution < -0.4 is 11.1 Å². The van der Waals surface area contributed by atoms with Gasteiger partial charge >= 0.3 is 0 Å². The first-order valence-corrected chi connectivity index (χ1v) is 8.79. The smallest absolute Gasteiger partial charge is 0.270 e. The average molecular weight is 375 g/mol. The molecule has 0 aromatic carbocycles. The number of hydrogen-bond acceptors (Lipinski definition) is 4. The maximum atomic E-state index is 12.4. The number of amides is 1. The summed E-state index contributed by atoms with van der Waals surface area (Å²) in [5, 5.41) is 4.03. The molecule has 2 fully saturated rings. The van der Waals surface area contributed by atoms with E-state index in [9.17, 15) is 4.79 Å². The van der Waals surface area contributed by atoms with Gasteiger partial charge in [-0.05, 0) is 71.6 Å². The van der Waals surface area contributed by atoms with Crippen LogP contribution in [0.1, 0.15) is 36.2 Å². The second kappa shape index (κ2) is 5.53. The van der Waals surface area contributed by atoms with Crippen molar-refractivity contribution in [1.82, 2.24) is 15.3 Å². The summed E-state index contributed by atoms with van der Waals surface area (Å²) in [7, 11) is 0. The van der Waals surface area contributed by atoms with Crippen molar-refractivity contribution in [1.29, 1.82) is 0 Å². The molecule has 0 saturated heterocycles. The summed E-state index contributed by atoms with van der Waals surface area (Å²) in [6.07, 6.45) is 8.05. The number of nitrogens with one attached hydrogen (secondary N) is 1. The second-order valence-corrected chi connectivity index (χ2v) is 7.83. The summed E-state index contributed by atoms with van der Waals surface area (Å²) in [6, 6.07) is 3.92. The predicted octanol–water partition coefficient (Wildman–Crippen LogP) is 2.64. The Hall–Kier alpha value is -1.53. The molecular formula is C17H19BrN4O. The minimum atomic E-state index is -0.0924. The zero-order valence-electron chi connectivity index (χ0n) is 12.8. The van der Waals surface area contributed by atoms with Gasteiger partial charge in [0.25, 0.3) is 5.91 Å². The predicted molar refractivity (Wildman–Crippen MR) is 91.9 cm³/mol. The van der Waals surface area contributed by atoms with Crippen molar-refractivity contribution in [2.24, 2.45) is 17.1 Å². The van der Waals surface area contributed by atoms with E-state index in [0.717, 1.165) is 34.8 Å². The van der Waals surface area contributed by atoms with E-state index in [1.54, 1.807) is 18.5 Å². The highest BCUT2D eigenvalue weighted by molar-refractivity contribution is 9.10. The number of fused-ring (bicyclic) bond motifs is 1. The van der Waals surface area contributed by atoms with Crippen LogP contribution in [-0.2, 0) is 0 Å². The molecule has 1 spiro atoms. The fourth-order valence-electron chi connectivity index (χ4n) is 4.15. The summed E-state index contributed by atoms with van der Waals surface area (Å²) >= 11 is 3.43. The molecule has 2 aliphatic rings. The molecule has 2 saturated carbocycles. The van der Waals surface area contributed by atoms with Gasteiger partial charge in [0.2, 0.25) is 0 Å². The van der Waals surface area contributed by atoms with Crippen molar-refractivity contribution in [3.05, 3.63) is 34.7 Å². The summed E-state index contributed by atoms with van der Waals surface area (Å²) in [6.45, 7) is 0.795. The monoisotopic (exact) mass is 374 g/mol. The van der Waals surface area contributed by atoms with Crippen LogP contribution in [0.3, 0.4) is 0 Å². The van der Waals surface area contributed by atoms with Gasteiger partial charge in [0.1, 0.15) is 5.69 Å². The number of nitrogens with zero attached hydrogens (tertiary/aromatic N) is 2. The Bertz CT molecular complexity index is 764. The second-order valence-electron chi connectivity index (χ2n) is 6.98. The third-order valence-corrected chi connectivity index (χ3v) is 5.84. The standard InChI is InChI=1S/C17H19BrN4O/c18-13-9-20-8-11-1-2-14(22-15(11)13)16(23)21-12-5-17(6-12)3-10(4-17)7-19/h1-2,8-10,12H,3-7,19H2,(H,21,23). The number of pyridine rings is 2. The lowest BCUT2D eigenvalue weighted by atomic mass is 9.50. The molecule has 4 rings (SSSR count). The highest BCUT2D eigenvalue weighted by Gasteiger charge is 2.52. The molecule has 2 aromatic heterocycles. The van der Waals surface area contributed by atoms with Crippen LogP contribution in [0.25, 0.3) is 10.9 Å². The fourth-order valence-corrected chi connectivity index (χ4v) is 4.58. The minimum Gasteiger partial charge on any atom is -0.348 e. The molecular weight excluding hydrogens is 356 g/mol. The van der Waals surface area contributed by atoms with Gasteiger partial charge in [-0.2, -0.15) is 0 Å². The van der Waals surface area contributed by atoms with Crippen LogP contribution >= 0.6 is 15.9 Å². The van der Waals surface area contributed by atoms with Crippen molar-refractivity contribution in [2.45, 2.75) is 31.7 Å². The van der Waals surface area contributed by atoms with E-state index in [0.29, 0.717) is 17.0 Å². The largest absolute Gasteiger partial charge is 0.348 e. The third-order valence-electron chi connectivity index (χ3n) is 5.26. The summed E-state index contributed by atoms with van der Waals surface area (Å²) in [4.78, 5) is 21.0. The summed E-state index contributed by atoms with van der Waals surface area (Å²) in [5.41, 5.74) is 7.39. The van der Waals surface area contributed by atoms with E-state index in [1.807, 2.05) is 6.07 Å². The highest BCUT2D eigenvalue weighted by atomic mass is 79.9. The molecule has 5 nitrogen and oxygen atoms in total. The molecule has 6 heteroatoms. The van der Waals surface area contributed by atoms with Crippen LogP contribution in [-0.4, -0.2) is 28.5 Å². The molecule has 2 heterocycles. The van der Waals surface area contributed by atoms with Gasteiger partial charge in [0.15, 0.2) is 0 Å². The highest BCUT2D eigenvalue weighted by Crippen LogP contribution is 2.58. The average Bonchev–Trinajstić information content (AvgIpc) is 2.48. The lowest BCUT2D eigenvalue weighted by molar-refractivity contribution is -0.0433. The topological polar surface area (TPSA) is 80.9 Å². The lowest BCUT2D eigenvalue weighted by Crippen LogP contribution is -2.57. The lowest BCUT2D eigenvalue weighted by Gasteiger charge is -2.57. The zero-order valence-corrected chi connectivity index (χ0v) is 14.3. The summed E-state index contributed by atoms with van der Waals surface area (Å²) in [5.74, 6) is 0.602. The van der Waals surface area contributed by atoms with Crippen molar-refractivity contribution in [2.75, 3.05) is 6.54 Å². The van der Waals surface area contributed by atoms with Crippen LogP contribution in [0.5, 0.6) is 0 Å². The first kappa shape index (κ1) is 15.0. The SMILES string of the molecule is NCC1CC2(C1)CC(NC(=O)c1ccc3cncc(Br)c3n1)C2. The van der Waals surface area contributed by atoms with Gasteiger partial charge in [-0.15, -0.1) is 0 Å². The number of hydrogen-bond donors (Lipinski definition) is 2. The van der Waals surface area contributed by atoms with Gasteiger partial charge < -0.3 is 11.1 Å². The molecule has 0 bridgehead atoms. The molecule has 1 amide bonds. The number of nitrogens with two attached hydrogens (primary N) is 1. The van der Waals surface area contributed by atoms with Crippen molar-refractivity contribution in [3.63, 3.8) is 0 Å². The molecule has 3 N–H and O–H groups in total. The van der Waals surface area contributed by atoms with Gasteiger partial charge in [-0.1, -0.05) is 0 Å². The maximum absolute atomic E-state index is 12.4. The summed E-state index contributed by atoms with van der Waals surface area (Å²) < 4.78 is 0.801. The van der Waals surface area contributed by atoms with Crippen molar-refractivity contribution in [3.8, 4) is 0 Å².